The Hall–Kier alpha value is -0.870. The van der Waals surface area contributed by atoms with Crippen molar-refractivity contribution < 1.29 is 0 Å². The van der Waals surface area contributed by atoms with Crippen molar-refractivity contribution in [1.82, 2.24) is 14.9 Å². The summed E-state index contributed by atoms with van der Waals surface area (Å²) in [4.78, 5) is 9.00. The second kappa shape index (κ2) is 8.44. The average Bonchev–Trinajstić information content (AvgIpc) is 2.71. The van der Waals surface area contributed by atoms with Gasteiger partial charge >= 0.3 is 0 Å². The Morgan fingerprint density at radius 3 is 2.13 bits per heavy atom. The number of aromatic nitrogens is 2. The molecule has 0 aliphatic rings. The molecular formula is C11H24N4. The van der Waals surface area contributed by atoms with Crippen molar-refractivity contribution in [3.05, 3.63) is 18.2 Å². The Morgan fingerprint density at radius 2 is 2.00 bits per heavy atom. The number of imidazole rings is 1. The SMILES string of the molecule is CCC(N)N(CC)CC.Cc1ncc[nH]1. The fraction of sp³-hybridized carbons (Fsp3) is 0.727. The Bertz CT molecular complexity index is 217. The Balaban J connectivity index is 0.000000280. The third-order valence-corrected chi connectivity index (χ3v) is 2.33. The Labute approximate surface area is 92.9 Å². The van der Waals surface area contributed by atoms with Crippen molar-refractivity contribution in [1.29, 1.82) is 0 Å². The molecule has 0 aromatic carbocycles. The molecule has 1 atom stereocenters. The van der Waals surface area contributed by atoms with E-state index >= 15 is 0 Å². The lowest BCUT2D eigenvalue weighted by Crippen LogP contribution is -2.41. The van der Waals surface area contributed by atoms with Gasteiger partial charge in [0.15, 0.2) is 0 Å². The topological polar surface area (TPSA) is 57.9 Å². The van der Waals surface area contributed by atoms with Gasteiger partial charge in [-0.1, -0.05) is 20.8 Å². The van der Waals surface area contributed by atoms with E-state index in [4.69, 9.17) is 5.73 Å². The van der Waals surface area contributed by atoms with Crippen LogP contribution in [0.3, 0.4) is 0 Å². The minimum atomic E-state index is 0.264. The largest absolute Gasteiger partial charge is 0.349 e. The first-order chi connectivity index (χ1) is 7.15. The summed E-state index contributed by atoms with van der Waals surface area (Å²) >= 11 is 0. The predicted octanol–water partition coefficient (Wildman–Crippen LogP) is 1.74. The molecule has 1 heterocycles. The summed E-state index contributed by atoms with van der Waals surface area (Å²) < 4.78 is 0. The van der Waals surface area contributed by atoms with Gasteiger partial charge in [0.25, 0.3) is 0 Å². The molecule has 1 rings (SSSR count). The van der Waals surface area contributed by atoms with Gasteiger partial charge in [-0.15, -0.1) is 0 Å². The smallest absolute Gasteiger partial charge is 0.102 e. The molecule has 0 fully saturated rings. The molecule has 0 aliphatic carbocycles. The van der Waals surface area contributed by atoms with E-state index in [-0.39, 0.29) is 6.17 Å². The summed E-state index contributed by atoms with van der Waals surface area (Å²) in [5, 5.41) is 0. The van der Waals surface area contributed by atoms with Crippen molar-refractivity contribution in [3.8, 4) is 0 Å². The first-order valence-electron chi connectivity index (χ1n) is 5.61. The van der Waals surface area contributed by atoms with Crippen LogP contribution < -0.4 is 5.73 Å². The van der Waals surface area contributed by atoms with Crippen molar-refractivity contribution >= 4 is 0 Å². The molecule has 0 bridgehead atoms. The van der Waals surface area contributed by atoms with E-state index in [1.807, 2.05) is 6.92 Å². The highest BCUT2D eigenvalue weighted by atomic mass is 15.2. The number of hydrogen-bond donors (Lipinski definition) is 2. The van der Waals surface area contributed by atoms with Crippen molar-refractivity contribution in [3.63, 3.8) is 0 Å². The Kier molecular flexibility index (Phi) is 7.95. The first kappa shape index (κ1) is 14.1. The highest BCUT2D eigenvalue weighted by molar-refractivity contribution is 4.80. The van der Waals surface area contributed by atoms with Gasteiger partial charge in [-0.25, -0.2) is 4.98 Å². The number of nitrogens with one attached hydrogen (secondary N) is 1. The molecule has 3 N–H and O–H groups in total. The van der Waals surface area contributed by atoms with E-state index in [1.54, 1.807) is 12.4 Å². The van der Waals surface area contributed by atoms with Crippen LogP contribution in [0.2, 0.25) is 0 Å². The molecule has 0 amide bonds. The van der Waals surface area contributed by atoms with Crippen molar-refractivity contribution in [2.45, 2.75) is 40.3 Å². The van der Waals surface area contributed by atoms with Crippen LogP contribution in [0.5, 0.6) is 0 Å². The zero-order chi connectivity index (χ0) is 11.7. The van der Waals surface area contributed by atoms with Crippen LogP contribution >= 0.6 is 0 Å². The van der Waals surface area contributed by atoms with Gasteiger partial charge in [0.1, 0.15) is 5.82 Å². The molecule has 0 radical (unpaired) electrons. The van der Waals surface area contributed by atoms with Gasteiger partial charge in [0.05, 0.1) is 6.17 Å². The van der Waals surface area contributed by atoms with Crippen LogP contribution in [0, 0.1) is 6.92 Å². The van der Waals surface area contributed by atoms with Crippen molar-refractivity contribution in [2.24, 2.45) is 5.73 Å². The van der Waals surface area contributed by atoms with Gasteiger partial charge in [-0.2, -0.15) is 0 Å². The fourth-order valence-electron chi connectivity index (χ4n) is 1.30. The second-order valence-corrected chi connectivity index (χ2v) is 3.37. The lowest BCUT2D eigenvalue weighted by Gasteiger charge is -2.24. The number of aromatic amines is 1. The van der Waals surface area contributed by atoms with Gasteiger partial charge in [-0.3, -0.25) is 4.90 Å². The van der Waals surface area contributed by atoms with Gasteiger partial charge in [0.2, 0.25) is 0 Å². The number of aryl methyl sites for hydroxylation is 1. The maximum Gasteiger partial charge on any atom is 0.102 e. The first-order valence-corrected chi connectivity index (χ1v) is 5.61. The molecular weight excluding hydrogens is 188 g/mol. The number of rotatable bonds is 4. The molecule has 0 saturated heterocycles. The molecule has 1 aromatic heterocycles. The van der Waals surface area contributed by atoms with E-state index in [1.165, 1.54) is 0 Å². The molecule has 1 unspecified atom stereocenters. The maximum atomic E-state index is 5.76. The predicted molar refractivity (Wildman–Crippen MR) is 64.5 cm³/mol. The van der Waals surface area contributed by atoms with Gasteiger partial charge < -0.3 is 10.7 Å². The number of nitrogens with two attached hydrogens (primary N) is 1. The molecule has 4 nitrogen and oxygen atoms in total. The minimum Gasteiger partial charge on any atom is -0.349 e. The molecule has 4 heteroatoms. The second-order valence-electron chi connectivity index (χ2n) is 3.37. The van der Waals surface area contributed by atoms with E-state index in [0.717, 1.165) is 25.3 Å². The quantitative estimate of drug-likeness (QED) is 0.747. The molecule has 88 valence electrons. The number of nitrogens with zero attached hydrogens (tertiary/aromatic N) is 2. The number of H-pyrrole nitrogens is 1. The summed E-state index contributed by atoms with van der Waals surface area (Å²) in [5.74, 6) is 0.968. The maximum absolute atomic E-state index is 5.76. The molecule has 0 spiro atoms. The Morgan fingerprint density at radius 1 is 1.40 bits per heavy atom. The summed E-state index contributed by atoms with van der Waals surface area (Å²) in [6.45, 7) is 10.4. The lowest BCUT2D eigenvalue weighted by atomic mass is 10.3. The average molecular weight is 212 g/mol. The zero-order valence-electron chi connectivity index (χ0n) is 10.3. The zero-order valence-corrected chi connectivity index (χ0v) is 10.3. The standard InChI is InChI=1S/C7H18N2.C4H6N2/c1-4-7(8)9(5-2)6-3;1-4-5-2-3-6-4/h7H,4-6,8H2,1-3H3;2-3H,1H3,(H,5,6). The highest BCUT2D eigenvalue weighted by Crippen LogP contribution is 1.95. The highest BCUT2D eigenvalue weighted by Gasteiger charge is 2.05. The lowest BCUT2D eigenvalue weighted by molar-refractivity contribution is 0.216. The fourth-order valence-corrected chi connectivity index (χ4v) is 1.30. The molecule has 0 saturated carbocycles. The normalized spacial score (nSPS) is 12.1. The van der Waals surface area contributed by atoms with Crippen LogP contribution in [0.4, 0.5) is 0 Å². The van der Waals surface area contributed by atoms with Crippen LogP contribution in [0.15, 0.2) is 12.4 Å². The third kappa shape index (κ3) is 6.25. The van der Waals surface area contributed by atoms with Crippen LogP contribution in [-0.4, -0.2) is 34.1 Å². The summed E-state index contributed by atoms with van der Waals surface area (Å²) in [7, 11) is 0. The van der Waals surface area contributed by atoms with Crippen LogP contribution in [-0.2, 0) is 0 Å². The van der Waals surface area contributed by atoms with Gasteiger partial charge in [-0.05, 0) is 26.4 Å². The van der Waals surface area contributed by atoms with Gasteiger partial charge in [0, 0.05) is 12.4 Å². The summed E-state index contributed by atoms with van der Waals surface area (Å²) in [5.41, 5.74) is 5.76. The summed E-state index contributed by atoms with van der Waals surface area (Å²) in [6.07, 6.45) is 4.84. The monoisotopic (exact) mass is 212 g/mol. The molecule has 15 heavy (non-hydrogen) atoms. The molecule has 1 aromatic rings. The van der Waals surface area contributed by atoms with Crippen molar-refractivity contribution in [2.75, 3.05) is 13.1 Å². The van der Waals surface area contributed by atoms with Crippen LogP contribution in [0.25, 0.3) is 0 Å². The van der Waals surface area contributed by atoms with E-state index in [9.17, 15) is 0 Å². The third-order valence-electron chi connectivity index (χ3n) is 2.33. The van der Waals surface area contributed by atoms with Crippen LogP contribution in [0.1, 0.15) is 33.0 Å². The van der Waals surface area contributed by atoms with E-state index in [0.29, 0.717) is 0 Å². The van der Waals surface area contributed by atoms with E-state index < -0.39 is 0 Å². The summed E-state index contributed by atoms with van der Waals surface area (Å²) in [6, 6.07) is 0. The minimum absolute atomic E-state index is 0.264. The molecule has 0 aliphatic heterocycles. The van der Waals surface area contributed by atoms with E-state index in [2.05, 4.69) is 35.6 Å². The number of hydrogen-bond acceptors (Lipinski definition) is 3.